The van der Waals surface area contributed by atoms with Crippen LogP contribution in [-0.4, -0.2) is 17.2 Å². The van der Waals surface area contributed by atoms with Gasteiger partial charge in [0.15, 0.2) is 5.11 Å². The van der Waals surface area contributed by atoms with Gasteiger partial charge in [0.25, 0.3) is 0 Å². The van der Waals surface area contributed by atoms with E-state index in [4.69, 9.17) is 12.2 Å². The third-order valence-corrected chi connectivity index (χ3v) is 3.69. The molecule has 0 saturated carbocycles. The van der Waals surface area contributed by atoms with Gasteiger partial charge in [0.2, 0.25) is 0 Å². The van der Waals surface area contributed by atoms with Gasteiger partial charge in [0, 0.05) is 12.1 Å². The van der Waals surface area contributed by atoms with E-state index >= 15 is 0 Å². The third-order valence-electron chi connectivity index (χ3n) is 3.44. The van der Waals surface area contributed by atoms with Crippen LogP contribution < -0.4 is 10.6 Å². The summed E-state index contributed by atoms with van der Waals surface area (Å²) in [5.41, 5.74) is 1.73. The van der Waals surface area contributed by atoms with Gasteiger partial charge in [-0.1, -0.05) is 51.1 Å². The summed E-state index contributed by atoms with van der Waals surface area (Å²) >= 11 is 5.41. The van der Waals surface area contributed by atoms with Crippen LogP contribution in [0.2, 0.25) is 0 Å². The van der Waals surface area contributed by atoms with Gasteiger partial charge in [-0.25, -0.2) is 0 Å². The molecule has 0 aliphatic heterocycles. The first-order valence-electron chi connectivity index (χ1n) is 8.28. The molecule has 1 rings (SSSR count). The Morgan fingerprint density at radius 1 is 1.00 bits per heavy atom. The van der Waals surface area contributed by atoms with Crippen LogP contribution in [0.3, 0.4) is 0 Å². The molecule has 0 aliphatic carbocycles. The van der Waals surface area contributed by atoms with E-state index in [1.165, 1.54) is 12.0 Å². The van der Waals surface area contributed by atoms with Crippen molar-refractivity contribution in [1.82, 2.24) is 10.6 Å². The molecule has 2 nitrogen and oxygen atoms in total. The standard InChI is InChI=1S/C19H32N2S/c1-18(2,3)15-19(4,5)21-17(22)20-14-10-9-13-16-11-7-6-8-12-16/h6-8,11-12H,9-10,13-15H2,1-5H3,(H2,20,21,22). The fourth-order valence-electron chi connectivity index (χ4n) is 3.02. The summed E-state index contributed by atoms with van der Waals surface area (Å²) in [6.07, 6.45) is 4.54. The van der Waals surface area contributed by atoms with Crippen molar-refractivity contribution in [2.45, 2.75) is 65.8 Å². The maximum atomic E-state index is 5.41. The van der Waals surface area contributed by atoms with Crippen molar-refractivity contribution in [3.63, 3.8) is 0 Å². The van der Waals surface area contributed by atoms with Crippen molar-refractivity contribution in [3.8, 4) is 0 Å². The fraction of sp³-hybridized carbons (Fsp3) is 0.632. The lowest BCUT2D eigenvalue weighted by atomic mass is 9.82. The van der Waals surface area contributed by atoms with Crippen molar-refractivity contribution in [3.05, 3.63) is 35.9 Å². The molecule has 0 atom stereocenters. The maximum Gasteiger partial charge on any atom is 0.166 e. The van der Waals surface area contributed by atoms with Gasteiger partial charge in [0.1, 0.15) is 0 Å². The molecule has 0 radical (unpaired) electrons. The zero-order valence-electron chi connectivity index (χ0n) is 14.8. The average Bonchev–Trinajstić information content (AvgIpc) is 2.35. The fourth-order valence-corrected chi connectivity index (χ4v) is 3.40. The molecule has 0 aliphatic rings. The highest BCUT2D eigenvalue weighted by atomic mass is 32.1. The molecule has 124 valence electrons. The number of benzene rings is 1. The molecule has 0 spiro atoms. The molecule has 1 aromatic rings. The molecule has 0 saturated heterocycles. The van der Waals surface area contributed by atoms with E-state index in [0.717, 1.165) is 30.9 Å². The maximum absolute atomic E-state index is 5.41. The van der Waals surface area contributed by atoms with E-state index in [9.17, 15) is 0 Å². The molecule has 0 heterocycles. The number of nitrogens with one attached hydrogen (secondary N) is 2. The van der Waals surface area contributed by atoms with E-state index in [-0.39, 0.29) is 5.54 Å². The Labute approximate surface area is 142 Å². The summed E-state index contributed by atoms with van der Waals surface area (Å²) in [5.74, 6) is 0. The van der Waals surface area contributed by atoms with Crippen molar-refractivity contribution in [1.29, 1.82) is 0 Å². The SMILES string of the molecule is CC(C)(C)CC(C)(C)NC(=S)NCCCCc1ccccc1. The largest absolute Gasteiger partial charge is 0.363 e. The Balaban J connectivity index is 2.18. The summed E-state index contributed by atoms with van der Waals surface area (Å²) in [6, 6.07) is 10.6. The Bertz CT molecular complexity index is 446. The van der Waals surface area contributed by atoms with Crippen molar-refractivity contribution in [2.75, 3.05) is 6.54 Å². The predicted molar refractivity (Wildman–Crippen MR) is 101 cm³/mol. The minimum absolute atomic E-state index is 0.0202. The molecule has 0 aromatic heterocycles. The van der Waals surface area contributed by atoms with Crippen LogP contribution >= 0.6 is 12.2 Å². The van der Waals surface area contributed by atoms with E-state index in [1.54, 1.807) is 0 Å². The normalized spacial score (nSPS) is 12.0. The van der Waals surface area contributed by atoms with Crippen molar-refractivity contribution < 1.29 is 0 Å². The monoisotopic (exact) mass is 320 g/mol. The van der Waals surface area contributed by atoms with Crippen LogP contribution in [0.1, 0.15) is 59.4 Å². The summed E-state index contributed by atoms with van der Waals surface area (Å²) in [4.78, 5) is 0. The van der Waals surface area contributed by atoms with E-state index in [0.29, 0.717) is 5.41 Å². The van der Waals surface area contributed by atoms with Crippen molar-refractivity contribution >= 4 is 17.3 Å². The molecular formula is C19H32N2S. The van der Waals surface area contributed by atoms with Gasteiger partial charge < -0.3 is 10.6 Å². The molecular weight excluding hydrogens is 288 g/mol. The average molecular weight is 321 g/mol. The van der Waals surface area contributed by atoms with Crippen LogP contribution in [-0.2, 0) is 6.42 Å². The molecule has 22 heavy (non-hydrogen) atoms. The quantitative estimate of drug-likeness (QED) is 0.563. The number of thiocarbonyl (C=S) groups is 1. The van der Waals surface area contributed by atoms with Gasteiger partial charge in [-0.2, -0.15) is 0 Å². The summed E-state index contributed by atoms with van der Waals surface area (Å²) in [7, 11) is 0. The molecule has 0 fully saturated rings. The smallest absolute Gasteiger partial charge is 0.166 e. The predicted octanol–water partition coefficient (Wildman–Crippen LogP) is 4.69. The molecule has 0 unspecified atom stereocenters. The van der Waals surface area contributed by atoms with Gasteiger partial charge in [-0.05, 0) is 62.7 Å². The van der Waals surface area contributed by atoms with Crippen LogP contribution in [0, 0.1) is 5.41 Å². The summed E-state index contributed by atoms with van der Waals surface area (Å²) < 4.78 is 0. The topological polar surface area (TPSA) is 24.1 Å². The van der Waals surface area contributed by atoms with Gasteiger partial charge in [0.05, 0.1) is 0 Å². The second-order valence-corrected chi connectivity index (χ2v) is 8.35. The second kappa shape index (κ2) is 8.52. The highest BCUT2D eigenvalue weighted by Crippen LogP contribution is 2.26. The van der Waals surface area contributed by atoms with Gasteiger partial charge in [-0.15, -0.1) is 0 Å². The highest BCUT2D eigenvalue weighted by molar-refractivity contribution is 7.80. The van der Waals surface area contributed by atoms with E-state index in [1.807, 2.05) is 0 Å². The number of hydrogen-bond donors (Lipinski definition) is 2. The first kappa shape index (κ1) is 19.0. The molecule has 2 N–H and O–H groups in total. The van der Waals surface area contributed by atoms with Crippen LogP contribution in [0.15, 0.2) is 30.3 Å². The second-order valence-electron chi connectivity index (χ2n) is 7.94. The molecule has 0 bridgehead atoms. The first-order chi connectivity index (χ1) is 10.2. The summed E-state index contributed by atoms with van der Waals surface area (Å²) in [5, 5.41) is 7.55. The lowest BCUT2D eigenvalue weighted by Gasteiger charge is -2.34. The Morgan fingerprint density at radius 2 is 1.64 bits per heavy atom. The lowest BCUT2D eigenvalue weighted by Crippen LogP contribution is -2.50. The highest BCUT2D eigenvalue weighted by Gasteiger charge is 2.25. The Kier molecular flexibility index (Phi) is 7.34. The van der Waals surface area contributed by atoms with Gasteiger partial charge >= 0.3 is 0 Å². The zero-order chi connectivity index (χ0) is 16.6. The third kappa shape index (κ3) is 9.04. The minimum Gasteiger partial charge on any atom is -0.363 e. The first-order valence-corrected chi connectivity index (χ1v) is 8.69. The van der Waals surface area contributed by atoms with Crippen LogP contribution in [0.5, 0.6) is 0 Å². The van der Waals surface area contributed by atoms with Crippen LogP contribution in [0.4, 0.5) is 0 Å². The van der Waals surface area contributed by atoms with E-state index < -0.39 is 0 Å². The Hall–Kier alpha value is -1.09. The van der Waals surface area contributed by atoms with Gasteiger partial charge in [-0.3, -0.25) is 0 Å². The molecule has 3 heteroatoms. The number of unbranched alkanes of at least 4 members (excludes halogenated alkanes) is 1. The number of rotatable bonds is 7. The lowest BCUT2D eigenvalue weighted by molar-refractivity contribution is 0.266. The minimum atomic E-state index is 0.0202. The van der Waals surface area contributed by atoms with Crippen LogP contribution in [0.25, 0.3) is 0 Å². The van der Waals surface area contributed by atoms with Crippen molar-refractivity contribution in [2.24, 2.45) is 5.41 Å². The zero-order valence-corrected chi connectivity index (χ0v) is 15.6. The Morgan fingerprint density at radius 3 is 2.23 bits per heavy atom. The van der Waals surface area contributed by atoms with E-state index in [2.05, 4.69) is 75.6 Å². The summed E-state index contributed by atoms with van der Waals surface area (Å²) in [6.45, 7) is 12.1. The number of aryl methyl sites for hydroxylation is 1. The molecule has 1 aromatic carbocycles. The number of hydrogen-bond acceptors (Lipinski definition) is 1. The molecule has 0 amide bonds.